The molecule has 2 aromatic rings. The average Bonchev–Trinajstić information content (AvgIpc) is 2.85. The number of terminal acetylenes is 1. The van der Waals surface area contributed by atoms with Gasteiger partial charge in [-0.15, -0.1) is 6.42 Å². The van der Waals surface area contributed by atoms with Crippen LogP contribution in [0.5, 0.6) is 0 Å². The number of amides is 3. The number of carbonyl (C=O) groups is 3. The summed E-state index contributed by atoms with van der Waals surface area (Å²) in [6.07, 6.45) is 5.89. The van der Waals surface area contributed by atoms with Crippen molar-refractivity contribution in [2.24, 2.45) is 0 Å². The Hall–Kier alpha value is -3.79. The van der Waals surface area contributed by atoms with Crippen LogP contribution in [0.1, 0.15) is 84.5 Å². The second kappa shape index (κ2) is 13.3. The summed E-state index contributed by atoms with van der Waals surface area (Å²) in [7, 11) is 0. The zero-order valence-electron chi connectivity index (χ0n) is 24.5. The van der Waals surface area contributed by atoms with E-state index in [1.165, 1.54) is 0 Å². The van der Waals surface area contributed by atoms with Gasteiger partial charge in [0.15, 0.2) is 0 Å². The average molecular weight is 534 g/mol. The minimum absolute atomic E-state index is 0.167. The molecule has 0 saturated heterocycles. The highest BCUT2D eigenvalue weighted by Gasteiger charge is 2.43. The first-order valence-electron chi connectivity index (χ1n) is 13.4. The van der Waals surface area contributed by atoms with E-state index >= 15 is 0 Å². The molecule has 7 heteroatoms. The minimum Gasteiger partial charge on any atom is -0.444 e. The summed E-state index contributed by atoms with van der Waals surface area (Å²) in [6.45, 7) is 14.8. The van der Waals surface area contributed by atoms with E-state index in [0.29, 0.717) is 17.5 Å². The second-order valence-corrected chi connectivity index (χ2v) is 11.6. The van der Waals surface area contributed by atoms with Crippen LogP contribution in [0, 0.1) is 12.3 Å². The van der Waals surface area contributed by atoms with Gasteiger partial charge in [-0.2, -0.15) is 0 Å². The SMILES string of the molecule is C#Cc1ccccc1C(C(=O)NC(C)C)N(C(=O)C(Cc1ccccc1)NC(=O)OC(C)(C)C)C(C)(C)CC. The molecule has 2 aromatic carbocycles. The number of nitrogens with one attached hydrogen (secondary N) is 2. The van der Waals surface area contributed by atoms with Crippen LogP contribution in [0.25, 0.3) is 0 Å². The first kappa shape index (κ1) is 31.4. The molecule has 0 aliphatic rings. The van der Waals surface area contributed by atoms with Crippen LogP contribution < -0.4 is 10.6 Å². The first-order valence-corrected chi connectivity index (χ1v) is 13.4. The van der Waals surface area contributed by atoms with E-state index in [0.717, 1.165) is 5.56 Å². The highest BCUT2D eigenvalue weighted by molar-refractivity contribution is 5.93. The van der Waals surface area contributed by atoms with Crippen LogP contribution in [0.3, 0.4) is 0 Å². The topological polar surface area (TPSA) is 87.7 Å². The lowest BCUT2D eigenvalue weighted by Crippen LogP contribution is -2.60. The van der Waals surface area contributed by atoms with Crippen LogP contribution in [0.2, 0.25) is 0 Å². The Bertz CT molecular complexity index is 1180. The van der Waals surface area contributed by atoms with Crippen LogP contribution >= 0.6 is 0 Å². The summed E-state index contributed by atoms with van der Waals surface area (Å²) in [6, 6.07) is 14.4. The molecule has 210 valence electrons. The Balaban J connectivity index is 2.71. The molecular formula is C32H43N3O4. The van der Waals surface area contributed by atoms with Crippen molar-refractivity contribution in [1.29, 1.82) is 0 Å². The van der Waals surface area contributed by atoms with E-state index in [4.69, 9.17) is 11.2 Å². The van der Waals surface area contributed by atoms with Crippen molar-refractivity contribution in [2.45, 2.75) is 97.5 Å². The van der Waals surface area contributed by atoms with E-state index in [9.17, 15) is 14.4 Å². The number of nitrogens with zero attached hydrogens (tertiary/aromatic N) is 1. The van der Waals surface area contributed by atoms with E-state index in [1.54, 1.807) is 49.9 Å². The predicted octanol–water partition coefficient (Wildman–Crippen LogP) is 5.39. The fourth-order valence-electron chi connectivity index (χ4n) is 4.24. The maximum atomic E-state index is 14.6. The molecule has 0 aliphatic carbocycles. The fourth-order valence-corrected chi connectivity index (χ4v) is 4.24. The zero-order valence-corrected chi connectivity index (χ0v) is 24.5. The van der Waals surface area contributed by atoms with E-state index in [-0.39, 0.29) is 18.4 Å². The molecular weight excluding hydrogens is 490 g/mol. The Labute approximate surface area is 233 Å². The third kappa shape index (κ3) is 8.88. The van der Waals surface area contributed by atoms with Gasteiger partial charge in [-0.25, -0.2) is 4.79 Å². The van der Waals surface area contributed by atoms with Crippen LogP contribution in [-0.4, -0.2) is 46.0 Å². The molecule has 0 bridgehead atoms. The summed E-state index contributed by atoms with van der Waals surface area (Å²) in [4.78, 5) is 42.9. The Morgan fingerprint density at radius 2 is 1.54 bits per heavy atom. The lowest BCUT2D eigenvalue weighted by atomic mass is 9.89. The van der Waals surface area contributed by atoms with Gasteiger partial charge in [-0.05, 0) is 72.1 Å². The normalized spacial score (nSPS) is 13.1. The van der Waals surface area contributed by atoms with Crippen molar-refractivity contribution in [2.75, 3.05) is 0 Å². The van der Waals surface area contributed by atoms with Crippen molar-refractivity contribution in [3.63, 3.8) is 0 Å². The number of rotatable bonds is 10. The van der Waals surface area contributed by atoms with Gasteiger partial charge in [0.25, 0.3) is 0 Å². The summed E-state index contributed by atoms with van der Waals surface area (Å²) in [5.74, 6) is 1.91. The van der Waals surface area contributed by atoms with Crippen LogP contribution in [-0.2, 0) is 20.7 Å². The molecule has 2 unspecified atom stereocenters. The van der Waals surface area contributed by atoms with E-state index in [1.807, 2.05) is 65.0 Å². The molecule has 3 amide bonds. The molecule has 2 atom stereocenters. The Morgan fingerprint density at radius 1 is 0.949 bits per heavy atom. The highest BCUT2D eigenvalue weighted by atomic mass is 16.6. The molecule has 2 rings (SSSR count). The number of hydrogen-bond acceptors (Lipinski definition) is 4. The highest BCUT2D eigenvalue weighted by Crippen LogP contribution is 2.34. The molecule has 0 spiro atoms. The molecule has 0 radical (unpaired) electrons. The minimum atomic E-state index is -1.03. The van der Waals surface area contributed by atoms with Gasteiger partial charge in [-0.1, -0.05) is 61.4 Å². The molecule has 0 heterocycles. The van der Waals surface area contributed by atoms with Gasteiger partial charge in [0.2, 0.25) is 11.8 Å². The third-order valence-corrected chi connectivity index (χ3v) is 6.37. The molecule has 0 saturated carbocycles. The van der Waals surface area contributed by atoms with Gasteiger partial charge < -0.3 is 20.3 Å². The van der Waals surface area contributed by atoms with Crippen molar-refractivity contribution < 1.29 is 19.1 Å². The molecule has 0 aromatic heterocycles. The van der Waals surface area contributed by atoms with Crippen molar-refractivity contribution >= 4 is 17.9 Å². The summed E-state index contributed by atoms with van der Waals surface area (Å²) < 4.78 is 5.50. The molecule has 39 heavy (non-hydrogen) atoms. The van der Waals surface area contributed by atoms with E-state index < -0.39 is 35.2 Å². The van der Waals surface area contributed by atoms with Crippen LogP contribution in [0.15, 0.2) is 54.6 Å². The quantitative estimate of drug-likeness (QED) is 0.401. The molecule has 2 N–H and O–H groups in total. The van der Waals surface area contributed by atoms with E-state index in [2.05, 4.69) is 16.6 Å². The lowest BCUT2D eigenvalue weighted by Gasteiger charge is -2.45. The third-order valence-electron chi connectivity index (χ3n) is 6.37. The second-order valence-electron chi connectivity index (χ2n) is 11.6. The Morgan fingerprint density at radius 3 is 2.08 bits per heavy atom. The smallest absolute Gasteiger partial charge is 0.408 e. The fraction of sp³-hybridized carbons (Fsp3) is 0.469. The molecule has 0 aliphatic heterocycles. The summed E-state index contributed by atoms with van der Waals surface area (Å²) in [5.41, 5.74) is 0.392. The van der Waals surface area contributed by atoms with Gasteiger partial charge >= 0.3 is 6.09 Å². The van der Waals surface area contributed by atoms with Crippen molar-refractivity contribution in [3.8, 4) is 12.3 Å². The van der Waals surface area contributed by atoms with Gasteiger partial charge in [0.05, 0.1) is 0 Å². The number of hydrogen-bond donors (Lipinski definition) is 2. The molecule has 7 nitrogen and oxygen atoms in total. The summed E-state index contributed by atoms with van der Waals surface area (Å²) >= 11 is 0. The molecule has 0 fully saturated rings. The van der Waals surface area contributed by atoms with Crippen molar-refractivity contribution in [3.05, 3.63) is 71.3 Å². The largest absolute Gasteiger partial charge is 0.444 e. The van der Waals surface area contributed by atoms with Gasteiger partial charge in [-0.3, -0.25) is 9.59 Å². The first-order chi connectivity index (χ1) is 18.2. The lowest BCUT2D eigenvalue weighted by molar-refractivity contribution is -0.149. The predicted molar refractivity (Wildman–Crippen MR) is 155 cm³/mol. The monoisotopic (exact) mass is 533 g/mol. The van der Waals surface area contributed by atoms with Gasteiger partial charge in [0.1, 0.15) is 17.7 Å². The number of alkyl carbamates (subject to hydrolysis) is 1. The Kier molecular flexibility index (Phi) is 10.7. The van der Waals surface area contributed by atoms with Gasteiger partial charge in [0, 0.05) is 23.6 Å². The number of ether oxygens (including phenoxy) is 1. The number of carbonyl (C=O) groups excluding carboxylic acids is 3. The number of benzene rings is 2. The zero-order chi connectivity index (χ0) is 29.4. The summed E-state index contributed by atoms with van der Waals surface area (Å²) in [5, 5.41) is 5.76. The van der Waals surface area contributed by atoms with Crippen LogP contribution in [0.4, 0.5) is 4.79 Å². The van der Waals surface area contributed by atoms with Crippen molar-refractivity contribution in [1.82, 2.24) is 15.5 Å². The maximum absolute atomic E-state index is 14.6. The maximum Gasteiger partial charge on any atom is 0.408 e. The standard InChI is InChI=1S/C32H43N3O4/c1-10-24-19-15-16-20-25(24)27(28(36)33-22(3)4)35(32(8,9)11-2)29(37)26(21-23-17-13-12-14-18-23)34-30(38)39-31(5,6)7/h1,12-20,22,26-27H,11,21H2,2-9H3,(H,33,36)(H,34,38).